The Bertz CT molecular complexity index is 393. The van der Waals surface area contributed by atoms with Crippen LogP contribution >= 0.6 is 15.9 Å². The molecule has 2 rings (SSSR count). The fraction of sp³-hybridized carbons (Fsp3) is 0.571. The molecule has 4 heteroatoms. The van der Waals surface area contributed by atoms with Crippen LogP contribution in [0, 0.1) is 11.7 Å². The molecule has 0 spiro atoms. The van der Waals surface area contributed by atoms with Gasteiger partial charge in [0.05, 0.1) is 4.47 Å². The number of halogens is 2. The van der Waals surface area contributed by atoms with Gasteiger partial charge in [-0.15, -0.1) is 0 Å². The Morgan fingerprint density at radius 2 is 2.39 bits per heavy atom. The second kappa shape index (κ2) is 6.64. The Hall–Kier alpha value is -0.450. The fourth-order valence-corrected chi connectivity index (χ4v) is 2.84. The molecule has 100 valence electrons. The topological polar surface area (TPSA) is 21.3 Å². The first-order valence-corrected chi connectivity index (χ1v) is 7.26. The summed E-state index contributed by atoms with van der Waals surface area (Å²) in [6.45, 7) is 4.53. The molecular weight excluding hydrogens is 297 g/mol. The molecule has 0 bridgehead atoms. The summed E-state index contributed by atoms with van der Waals surface area (Å²) in [6, 6.07) is 5.56. The van der Waals surface area contributed by atoms with Crippen LogP contribution in [0.15, 0.2) is 22.7 Å². The highest BCUT2D eigenvalue weighted by atomic mass is 79.9. The Morgan fingerprint density at radius 1 is 1.56 bits per heavy atom. The van der Waals surface area contributed by atoms with Crippen molar-refractivity contribution in [2.24, 2.45) is 5.92 Å². The van der Waals surface area contributed by atoms with Gasteiger partial charge in [-0.25, -0.2) is 4.39 Å². The van der Waals surface area contributed by atoms with Gasteiger partial charge in [0.25, 0.3) is 0 Å². The zero-order valence-electron chi connectivity index (χ0n) is 10.6. The van der Waals surface area contributed by atoms with Crippen molar-refractivity contribution in [3.05, 3.63) is 34.1 Å². The largest absolute Gasteiger partial charge is 0.381 e. The van der Waals surface area contributed by atoms with Crippen LogP contribution in [0.2, 0.25) is 0 Å². The van der Waals surface area contributed by atoms with E-state index >= 15 is 0 Å². The summed E-state index contributed by atoms with van der Waals surface area (Å²) in [5, 5.41) is 3.38. The lowest BCUT2D eigenvalue weighted by Crippen LogP contribution is -2.24. The third kappa shape index (κ3) is 3.31. The van der Waals surface area contributed by atoms with E-state index in [-0.39, 0.29) is 11.9 Å². The average molecular weight is 316 g/mol. The molecule has 1 fully saturated rings. The maximum atomic E-state index is 14.1. The number of ether oxygens (including phenoxy) is 1. The monoisotopic (exact) mass is 315 g/mol. The molecule has 1 aliphatic heterocycles. The zero-order valence-corrected chi connectivity index (χ0v) is 12.2. The number of rotatable bonds is 5. The molecule has 0 amide bonds. The van der Waals surface area contributed by atoms with Crippen molar-refractivity contribution in [2.75, 3.05) is 19.8 Å². The van der Waals surface area contributed by atoms with Crippen molar-refractivity contribution < 1.29 is 9.13 Å². The Labute approximate surface area is 116 Å². The first-order chi connectivity index (χ1) is 8.72. The molecule has 0 aromatic heterocycles. The quantitative estimate of drug-likeness (QED) is 0.895. The molecule has 1 aliphatic rings. The molecule has 1 heterocycles. The van der Waals surface area contributed by atoms with Crippen molar-refractivity contribution in [2.45, 2.75) is 25.8 Å². The molecule has 0 radical (unpaired) electrons. The van der Waals surface area contributed by atoms with E-state index in [0.717, 1.165) is 38.2 Å². The van der Waals surface area contributed by atoms with Crippen LogP contribution in [0.1, 0.15) is 31.4 Å². The first-order valence-electron chi connectivity index (χ1n) is 6.47. The predicted molar refractivity (Wildman–Crippen MR) is 74.1 cm³/mol. The van der Waals surface area contributed by atoms with E-state index in [1.807, 2.05) is 19.1 Å². The highest BCUT2D eigenvalue weighted by Crippen LogP contribution is 2.30. The fourth-order valence-electron chi connectivity index (χ4n) is 2.46. The lowest BCUT2D eigenvalue weighted by atomic mass is 9.94. The summed E-state index contributed by atoms with van der Waals surface area (Å²) in [5.41, 5.74) is 0.748. The Morgan fingerprint density at radius 3 is 3.06 bits per heavy atom. The minimum absolute atomic E-state index is 0.0687. The van der Waals surface area contributed by atoms with E-state index < -0.39 is 0 Å². The number of hydrogen-bond acceptors (Lipinski definition) is 2. The van der Waals surface area contributed by atoms with Gasteiger partial charge < -0.3 is 10.1 Å². The highest BCUT2D eigenvalue weighted by Gasteiger charge is 2.23. The second-order valence-electron chi connectivity index (χ2n) is 4.72. The third-order valence-corrected chi connectivity index (χ3v) is 4.01. The third-order valence-electron chi connectivity index (χ3n) is 3.40. The van der Waals surface area contributed by atoms with Crippen LogP contribution in [0.25, 0.3) is 0 Å². The van der Waals surface area contributed by atoms with Crippen LogP contribution in [-0.4, -0.2) is 19.8 Å². The maximum absolute atomic E-state index is 14.1. The molecule has 2 nitrogen and oxygen atoms in total. The van der Waals surface area contributed by atoms with Crippen molar-refractivity contribution in [1.29, 1.82) is 0 Å². The maximum Gasteiger partial charge on any atom is 0.142 e. The van der Waals surface area contributed by atoms with Gasteiger partial charge in [0.1, 0.15) is 5.82 Å². The van der Waals surface area contributed by atoms with Crippen LogP contribution in [-0.2, 0) is 4.74 Å². The average Bonchev–Trinajstić information content (AvgIpc) is 2.85. The lowest BCUT2D eigenvalue weighted by molar-refractivity contribution is 0.181. The standard InChI is InChI=1S/C14H19BrFNO/c1-2-17-13(8-10-6-7-18-9-10)11-4-3-5-12(15)14(11)16/h3-5,10,13,17H,2,6-9H2,1H3. The predicted octanol–water partition coefficient (Wildman–Crippen LogP) is 3.67. The molecule has 0 saturated carbocycles. The Balaban J connectivity index is 2.14. The van der Waals surface area contributed by atoms with Crippen LogP contribution in [0.4, 0.5) is 4.39 Å². The van der Waals surface area contributed by atoms with Gasteiger partial charge in [-0.3, -0.25) is 0 Å². The number of nitrogens with one attached hydrogen (secondary N) is 1. The molecule has 1 saturated heterocycles. The molecular formula is C14H19BrFNO. The summed E-state index contributed by atoms with van der Waals surface area (Å²) in [6.07, 6.45) is 2.01. The summed E-state index contributed by atoms with van der Waals surface area (Å²) < 4.78 is 20.1. The number of hydrogen-bond donors (Lipinski definition) is 1. The highest BCUT2D eigenvalue weighted by molar-refractivity contribution is 9.10. The molecule has 1 aromatic rings. The summed E-state index contributed by atoms with van der Waals surface area (Å²) in [5.74, 6) is 0.384. The number of benzene rings is 1. The summed E-state index contributed by atoms with van der Waals surface area (Å²) in [7, 11) is 0. The van der Waals surface area contributed by atoms with Crippen LogP contribution < -0.4 is 5.32 Å². The van der Waals surface area contributed by atoms with E-state index in [0.29, 0.717) is 10.4 Å². The van der Waals surface area contributed by atoms with E-state index in [1.165, 1.54) is 0 Å². The summed E-state index contributed by atoms with van der Waals surface area (Å²) >= 11 is 3.25. The molecule has 1 N–H and O–H groups in total. The molecule has 1 aromatic carbocycles. The van der Waals surface area contributed by atoms with Gasteiger partial charge in [-0.2, -0.15) is 0 Å². The van der Waals surface area contributed by atoms with E-state index in [4.69, 9.17) is 4.74 Å². The van der Waals surface area contributed by atoms with Crippen molar-refractivity contribution in [3.8, 4) is 0 Å². The Kier molecular flexibility index (Phi) is 5.15. The first kappa shape index (κ1) is 14.0. The van der Waals surface area contributed by atoms with Crippen molar-refractivity contribution in [1.82, 2.24) is 5.32 Å². The molecule has 2 atom stereocenters. The van der Waals surface area contributed by atoms with Crippen molar-refractivity contribution in [3.63, 3.8) is 0 Å². The minimum atomic E-state index is -0.151. The van der Waals surface area contributed by atoms with Crippen LogP contribution in [0.5, 0.6) is 0 Å². The van der Waals surface area contributed by atoms with Crippen LogP contribution in [0.3, 0.4) is 0 Å². The van der Waals surface area contributed by atoms with E-state index in [1.54, 1.807) is 6.07 Å². The second-order valence-corrected chi connectivity index (χ2v) is 5.57. The van der Waals surface area contributed by atoms with Gasteiger partial charge in [-0.1, -0.05) is 19.1 Å². The zero-order chi connectivity index (χ0) is 13.0. The minimum Gasteiger partial charge on any atom is -0.381 e. The van der Waals surface area contributed by atoms with Crippen molar-refractivity contribution >= 4 is 15.9 Å². The van der Waals surface area contributed by atoms with E-state index in [2.05, 4.69) is 21.2 Å². The summed E-state index contributed by atoms with van der Waals surface area (Å²) in [4.78, 5) is 0. The van der Waals surface area contributed by atoms with Gasteiger partial charge in [0, 0.05) is 24.8 Å². The molecule has 0 aliphatic carbocycles. The normalized spacial score (nSPS) is 21.2. The van der Waals surface area contributed by atoms with E-state index in [9.17, 15) is 4.39 Å². The lowest BCUT2D eigenvalue weighted by Gasteiger charge is -2.22. The smallest absolute Gasteiger partial charge is 0.142 e. The van der Waals surface area contributed by atoms with Gasteiger partial charge in [0.15, 0.2) is 0 Å². The molecule has 18 heavy (non-hydrogen) atoms. The van der Waals surface area contributed by atoms with Gasteiger partial charge in [0.2, 0.25) is 0 Å². The SMILES string of the molecule is CCNC(CC1CCOC1)c1cccc(Br)c1F. The molecule has 2 unspecified atom stereocenters. The van der Waals surface area contributed by atoms with Gasteiger partial charge in [-0.05, 0) is 47.3 Å². The van der Waals surface area contributed by atoms with Gasteiger partial charge >= 0.3 is 0 Å².